The Morgan fingerprint density at radius 2 is 2.12 bits per heavy atom. The van der Waals surface area contributed by atoms with Crippen LogP contribution < -0.4 is 5.32 Å². The minimum absolute atomic E-state index is 0.0296. The van der Waals surface area contributed by atoms with E-state index in [1.165, 1.54) is 12.1 Å². The number of nitrogens with one attached hydrogen (secondary N) is 1. The number of aromatic nitrogens is 1. The van der Waals surface area contributed by atoms with Crippen LogP contribution in [0.25, 0.3) is 0 Å². The van der Waals surface area contributed by atoms with Crippen LogP contribution in [0.3, 0.4) is 0 Å². The van der Waals surface area contributed by atoms with E-state index in [0.717, 1.165) is 11.4 Å². The molecule has 0 aliphatic rings. The highest BCUT2D eigenvalue weighted by atomic mass is 35.5. The van der Waals surface area contributed by atoms with Gasteiger partial charge in [0.05, 0.1) is 6.04 Å². The van der Waals surface area contributed by atoms with Crippen LogP contribution in [0.2, 0.25) is 5.02 Å². The summed E-state index contributed by atoms with van der Waals surface area (Å²) in [6.07, 6.45) is 1.71. The van der Waals surface area contributed by atoms with Gasteiger partial charge in [-0.3, -0.25) is 0 Å². The third-order valence-electron chi connectivity index (χ3n) is 2.46. The minimum atomic E-state index is -0.330. The van der Waals surface area contributed by atoms with Crippen LogP contribution in [0.1, 0.15) is 18.5 Å². The second-order valence-electron chi connectivity index (χ2n) is 3.75. The zero-order valence-corrected chi connectivity index (χ0v) is 10.1. The van der Waals surface area contributed by atoms with E-state index < -0.39 is 0 Å². The van der Waals surface area contributed by atoms with Crippen molar-refractivity contribution in [3.05, 3.63) is 59.0 Å². The molecule has 4 heteroatoms. The molecule has 1 heterocycles. The first kappa shape index (κ1) is 11.9. The maximum atomic E-state index is 12.9. The van der Waals surface area contributed by atoms with Crippen LogP contribution in [0, 0.1) is 5.82 Å². The number of nitrogens with zero attached hydrogens (tertiary/aromatic N) is 1. The van der Waals surface area contributed by atoms with Gasteiger partial charge < -0.3 is 5.32 Å². The van der Waals surface area contributed by atoms with Crippen molar-refractivity contribution in [3.63, 3.8) is 0 Å². The normalized spacial score (nSPS) is 12.2. The average Bonchev–Trinajstić information content (AvgIpc) is 2.30. The summed E-state index contributed by atoms with van der Waals surface area (Å²) in [6, 6.07) is 9.98. The molecule has 0 amide bonds. The van der Waals surface area contributed by atoms with Gasteiger partial charge >= 0.3 is 0 Å². The molecule has 0 aliphatic carbocycles. The zero-order chi connectivity index (χ0) is 12.3. The van der Waals surface area contributed by atoms with Crippen LogP contribution >= 0.6 is 11.6 Å². The van der Waals surface area contributed by atoms with E-state index in [1.807, 2.05) is 25.1 Å². The van der Waals surface area contributed by atoms with Crippen molar-refractivity contribution in [2.75, 3.05) is 5.32 Å². The molecular formula is C13H12ClFN2. The number of rotatable bonds is 3. The van der Waals surface area contributed by atoms with Gasteiger partial charge in [0, 0.05) is 11.2 Å². The average molecular weight is 251 g/mol. The number of anilines is 1. The number of hydrogen-bond donors (Lipinski definition) is 1. The molecule has 1 aromatic heterocycles. The molecule has 2 aromatic rings. The molecule has 17 heavy (non-hydrogen) atoms. The molecular weight excluding hydrogens is 239 g/mol. The molecule has 88 valence electrons. The molecule has 0 spiro atoms. The third-order valence-corrected chi connectivity index (χ3v) is 2.79. The van der Waals surface area contributed by atoms with Crippen molar-refractivity contribution in [3.8, 4) is 0 Å². The highest BCUT2D eigenvalue weighted by molar-refractivity contribution is 6.31. The Bertz CT molecular complexity index is 502. The van der Waals surface area contributed by atoms with Gasteiger partial charge in [-0.1, -0.05) is 23.7 Å². The van der Waals surface area contributed by atoms with Crippen LogP contribution in [0.5, 0.6) is 0 Å². The summed E-state index contributed by atoms with van der Waals surface area (Å²) in [5.41, 5.74) is 0.846. The fraction of sp³-hybridized carbons (Fsp3) is 0.154. The van der Waals surface area contributed by atoms with Gasteiger partial charge in [-0.15, -0.1) is 0 Å². The van der Waals surface area contributed by atoms with Gasteiger partial charge in [0.2, 0.25) is 0 Å². The highest BCUT2D eigenvalue weighted by Gasteiger charge is 2.10. The Labute approximate surface area is 104 Å². The molecule has 0 fully saturated rings. The van der Waals surface area contributed by atoms with Gasteiger partial charge in [0.1, 0.15) is 11.6 Å². The van der Waals surface area contributed by atoms with E-state index in [-0.39, 0.29) is 11.9 Å². The molecule has 1 aromatic carbocycles. The molecule has 0 saturated carbocycles. The minimum Gasteiger partial charge on any atom is -0.363 e. The predicted octanol–water partition coefficient (Wildman–Crippen LogP) is 4.05. The molecule has 0 bridgehead atoms. The van der Waals surface area contributed by atoms with Crippen molar-refractivity contribution in [1.82, 2.24) is 4.98 Å². The van der Waals surface area contributed by atoms with Crippen molar-refractivity contribution in [2.45, 2.75) is 13.0 Å². The lowest BCUT2D eigenvalue weighted by Gasteiger charge is -2.16. The van der Waals surface area contributed by atoms with Crippen molar-refractivity contribution in [2.24, 2.45) is 0 Å². The van der Waals surface area contributed by atoms with E-state index in [1.54, 1.807) is 12.3 Å². The summed E-state index contributed by atoms with van der Waals surface area (Å²) >= 11 is 5.99. The number of hydrogen-bond acceptors (Lipinski definition) is 2. The first-order valence-corrected chi connectivity index (χ1v) is 5.67. The fourth-order valence-electron chi connectivity index (χ4n) is 1.60. The lowest BCUT2D eigenvalue weighted by atomic mass is 10.1. The molecule has 0 radical (unpaired) electrons. The number of halogens is 2. The smallest absolute Gasteiger partial charge is 0.126 e. The Kier molecular flexibility index (Phi) is 3.59. The van der Waals surface area contributed by atoms with Gasteiger partial charge in [-0.25, -0.2) is 9.37 Å². The summed E-state index contributed by atoms with van der Waals surface area (Å²) in [5, 5.41) is 3.62. The lowest BCUT2D eigenvalue weighted by molar-refractivity contribution is 0.626. The zero-order valence-electron chi connectivity index (χ0n) is 9.32. The van der Waals surface area contributed by atoms with Crippen molar-refractivity contribution >= 4 is 17.4 Å². The highest BCUT2D eigenvalue weighted by Crippen LogP contribution is 2.25. The Hall–Kier alpha value is -1.61. The number of pyridine rings is 1. The molecule has 1 unspecified atom stereocenters. The summed E-state index contributed by atoms with van der Waals surface area (Å²) in [6.45, 7) is 1.95. The van der Waals surface area contributed by atoms with E-state index in [0.29, 0.717) is 5.02 Å². The molecule has 1 atom stereocenters. The Morgan fingerprint density at radius 3 is 2.76 bits per heavy atom. The summed E-state index contributed by atoms with van der Waals surface area (Å²) in [7, 11) is 0. The van der Waals surface area contributed by atoms with E-state index in [2.05, 4.69) is 10.3 Å². The Balaban J connectivity index is 2.17. The molecule has 0 aliphatic heterocycles. The maximum absolute atomic E-state index is 12.9. The summed E-state index contributed by atoms with van der Waals surface area (Å²) in [4.78, 5) is 4.16. The quantitative estimate of drug-likeness (QED) is 0.889. The monoisotopic (exact) mass is 250 g/mol. The maximum Gasteiger partial charge on any atom is 0.126 e. The van der Waals surface area contributed by atoms with Crippen LogP contribution in [0.4, 0.5) is 10.2 Å². The molecule has 1 N–H and O–H groups in total. The first-order chi connectivity index (χ1) is 8.16. The molecule has 2 nitrogen and oxygen atoms in total. The topological polar surface area (TPSA) is 24.9 Å². The van der Waals surface area contributed by atoms with Gasteiger partial charge in [0.15, 0.2) is 0 Å². The molecule has 0 saturated heterocycles. The second kappa shape index (κ2) is 5.15. The molecule has 2 rings (SSSR count). The van der Waals surface area contributed by atoms with Crippen molar-refractivity contribution in [1.29, 1.82) is 0 Å². The second-order valence-corrected chi connectivity index (χ2v) is 4.15. The summed E-state index contributed by atoms with van der Waals surface area (Å²) < 4.78 is 12.9. The van der Waals surface area contributed by atoms with Crippen molar-refractivity contribution < 1.29 is 4.39 Å². The van der Waals surface area contributed by atoms with Crippen LogP contribution in [-0.4, -0.2) is 4.98 Å². The van der Waals surface area contributed by atoms with Gasteiger partial charge in [-0.2, -0.15) is 0 Å². The number of benzene rings is 1. The van der Waals surface area contributed by atoms with Crippen LogP contribution in [-0.2, 0) is 0 Å². The SMILES string of the molecule is CC(Nc1ccccn1)c1ccc(F)cc1Cl. The van der Waals surface area contributed by atoms with E-state index in [9.17, 15) is 4.39 Å². The standard InChI is InChI=1S/C13H12ClFN2/c1-9(17-13-4-2-3-7-16-13)11-6-5-10(15)8-12(11)14/h2-9H,1H3,(H,16,17). The largest absolute Gasteiger partial charge is 0.363 e. The lowest BCUT2D eigenvalue weighted by Crippen LogP contribution is -2.08. The summed E-state index contributed by atoms with van der Waals surface area (Å²) in [5.74, 6) is 0.434. The van der Waals surface area contributed by atoms with Gasteiger partial charge in [0.25, 0.3) is 0 Å². The van der Waals surface area contributed by atoms with E-state index in [4.69, 9.17) is 11.6 Å². The van der Waals surface area contributed by atoms with Gasteiger partial charge in [-0.05, 0) is 36.8 Å². The first-order valence-electron chi connectivity index (χ1n) is 5.29. The fourth-order valence-corrected chi connectivity index (χ4v) is 1.93. The van der Waals surface area contributed by atoms with E-state index >= 15 is 0 Å². The van der Waals surface area contributed by atoms with Crippen LogP contribution in [0.15, 0.2) is 42.6 Å². The third kappa shape index (κ3) is 2.94. The Morgan fingerprint density at radius 1 is 1.29 bits per heavy atom. The predicted molar refractivity (Wildman–Crippen MR) is 67.7 cm³/mol.